The molecule has 1 aromatic heterocycles. The maximum Gasteiger partial charge on any atom is 2.00 e. The molecule has 0 aliphatic carbocycles. The molecule has 0 bridgehead atoms. The number of rotatable bonds is 12. The number of halogens is 1. The van der Waals surface area contributed by atoms with Crippen LogP contribution in [-0.4, -0.2) is 72.5 Å². The van der Waals surface area contributed by atoms with Crippen LogP contribution in [0.2, 0.25) is 0 Å². The number of aliphatic carboxylic acids is 1. The molecule has 3 aromatic carbocycles. The smallest absolute Gasteiger partial charge is 0.481 e. The van der Waals surface area contributed by atoms with Gasteiger partial charge in [-0.25, -0.2) is 4.39 Å². The van der Waals surface area contributed by atoms with E-state index in [1.54, 1.807) is 12.1 Å². The monoisotopic (exact) mass is 600 g/mol. The van der Waals surface area contributed by atoms with E-state index in [9.17, 15) is 24.2 Å². The number of aliphatic hydroxyl groups is 2. The van der Waals surface area contributed by atoms with Crippen LogP contribution in [0.25, 0.3) is 22.4 Å². The second-order valence-electron chi connectivity index (χ2n) is 10.4. The van der Waals surface area contributed by atoms with Crippen molar-refractivity contribution >= 4 is 40.6 Å². The number of amides is 1. The summed E-state index contributed by atoms with van der Waals surface area (Å²) in [6, 6.07) is 24.8. The Kier molecular flexibility index (Phi) is 13.6. The van der Waals surface area contributed by atoms with Gasteiger partial charge >= 0.3 is 29.0 Å². The number of nitrogens with one attached hydrogen (secondary N) is 1. The molecule has 0 aliphatic heterocycles. The number of hydrogen-bond donors (Lipinski definition) is 4. The fourth-order valence-corrected chi connectivity index (χ4v) is 5.20. The third kappa shape index (κ3) is 8.98. The van der Waals surface area contributed by atoms with Crippen molar-refractivity contribution in [3.05, 3.63) is 102 Å². The molecule has 1 amide bonds. The third-order valence-corrected chi connectivity index (χ3v) is 6.93. The zero-order valence-electron chi connectivity index (χ0n) is 24.3. The number of carbonyl (C=O) groups excluding carboxylic acids is 1. The van der Waals surface area contributed by atoms with Gasteiger partial charge in [-0.15, -0.1) is 0 Å². The molecule has 2 atom stereocenters. The van der Waals surface area contributed by atoms with Crippen molar-refractivity contribution in [3.63, 3.8) is 0 Å². The first-order valence-corrected chi connectivity index (χ1v) is 13.7. The molecule has 0 fully saturated rings. The van der Waals surface area contributed by atoms with E-state index in [1.807, 2.05) is 79.1 Å². The van der Waals surface area contributed by atoms with Crippen molar-refractivity contribution in [2.75, 3.05) is 5.32 Å². The Labute approximate surface area is 266 Å². The summed E-state index contributed by atoms with van der Waals surface area (Å²) in [6.07, 6.45) is -2.51. The Morgan fingerprint density at radius 3 is 2.00 bits per heavy atom. The van der Waals surface area contributed by atoms with Crippen LogP contribution >= 0.6 is 0 Å². The Bertz CT molecular complexity index is 1480. The number of carboxylic acid groups (broad SMARTS) is 1. The molecule has 8 nitrogen and oxygen atoms in total. The molecule has 43 heavy (non-hydrogen) atoms. The van der Waals surface area contributed by atoms with E-state index in [-0.39, 0.29) is 65.6 Å². The second-order valence-corrected chi connectivity index (χ2v) is 10.4. The molecular formula is C33H37FMgN2O6+2. The summed E-state index contributed by atoms with van der Waals surface area (Å²) in [5, 5.41) is 32.8. The molecule has 0 radical (unpaired) electrons. The molecular weight excluding hydrogens is 564 g/mol. The van der Waals surface area contributed by atoms with Crippen LogP contribution in [0.1, 0.15) is 55.1 Å². The minimum atomic E-state index is -1.18. The molecule has 4 rings (SSSR count). The standard InChI is InChI=1S/C33H35FN2O5.Mg.H2O/c1-21(2)31-30(33(41)35-25-11-7-4-8-12-25)29(22-9-5-3-6-10-22)32(23-13-15-24(34)16-14-23)36(31)18-17-26(37)19-27(38)20-28(39)40;;/h3-16,21,26-27,37-38H,17-20H2,1-2H3,(H,35,41)(H,39,40);;1H2/q;+2;/t26-,27-;;/m1../s1. The van der Waals surface area contributed by atoms with Gasteiger partial charge in [0.2, 0.25) is 0 Å². The maximum absolute atomic E-state index is 14.0. The molecule has 0 spiro atoms. The normalized spacial score (nSPS) is 12.1. The topological polar surface area (TPSA) is 143 Å². The molecule has 10 heteroatoms. The number of carbonyl (C=O) groups is 2. The van der Waals surface area contributed by atoms with Gasteiger partial charge in [-0.1, -0.05) is 62.4 Å². The van der Waals surface area contributed by atoms with Gasteiger partial charge in [0, 0.05) is 23.5 Å². The number of benzene rings is 3. The van der Waals surface area contributed by atoms with E-state index in [0.717, 1.165) is 11.3 Å². The quantitative estimate of drug-likeness (QED) is 0.167. The number of aromatic nitrogens is 1. The average molecular weight is 601 g/mol. The minimum Gasteiger partial charge on any atom is -0.481 e. The SMILES string of the molecule is CC(C)c1c(C(=O)Nc2ccccc2)c(-c2ccccc2)c(-c2ccc(F)cc2)n1CC[C@@H](O)C[C@@H](O)CC(=O)O.O.[Mg+2]. The summed E-state index contributed by atoms with van der Waals surface area (Å²) in [4.78, 5) is 25.0. The first-order valence-electron chi connectivity index (χ1n) is 13.7. The zero-order chi connectivity index (χ0) is 29.5. The summed E-state index contributed by atoms with van der Waals surface area (Å²) in [7, 11) is 0. The van der Waals surface area contributed by atoms with E-state index in [0.29, 0.717) is 28.1 Å². The second kappa shape index (κ2) is 16.3. The summed E-state index contributed by atoms with van der Waals surface area (Å²) in [5.74, 6) is -1.93. The molecule has 222 valence electrons. The first kappa shape index (κ1) is 35.7. The molecule has 1 heterocycles. The summed E-state index contributed by atoms with van der Waals surface area (Å²) in [6.45, 7) is 4.25. The van der Waals surface area contributed by atoms with E-state index in [1.165, 1.54) is 12.1 Å². The largest absolute Gasteiger partial charge is 2.00 e. The third-order valence-electron chi connectivity index (χ3n) is 6.93. The van der Waals surface area contributed by atoms with E-state index in [4.69, 9.17) is 5.11 Å². The zero-order valence-corrected chi connectivity index (χ0v) is 25.7. The Hall–Kier alpha value is -3.54. The number of carboxylic acids is 1. The number of para-hydroxylation sites is 1. The number of nitrogens with zero attached hydrogens (tertiary/aromatic N) is 1. The van der Waals surface area contributed by atoms with E-state index < -0.39 is 24.6 Å². The molecule has 0 saturated carbocycles. The van der Waals surface area contributed by atoms with Crippen molar-refractivity contribution < 1.29 is 34.8 Å². The van der Waals surface area contributed by atoms with Crippen molar-refractivity contribution in [1.29, 1.82) is 0 Å². The van der Waals surface area contributed by atoms with Crippen LogP contribution in [0.5, 0.6) is 0 Å². The summed E-state index contributed by atoms with van der Waals surface area (Å²) >= 11 is 0. The van der Waals surface area contributed by atoms with Crippen molar-refractivity contribution in [1.82, 2.24) is 4.57 Å². The van der Waals surface area contributed by atoms with Crippen LogP contribution in [0.15, 0.2) is 84.9 Å². The molecule has 6 N–H and O–H groups in total. The van der Waals surface area contributed by atoms with Gasteiger partial charge in [0.1, 0.15) is 5.82 Å². The van der Waals surface area contributed by atoms with E-state index >= 15 is 0 Å². The Balaban J connectivity index is 0.00000323. The summed E-state index contributed by atoms with van der Waals surface area (Å²) < 4.78 is 16.0. The van der Waals surface area contributed by atoms with Gasteiger partial charge in [0.15, 0.2) is 0 Å². The van der Waals surface area contributed by atoms with Gasteiger partial charge in [0.25, 0.3) is 5.91 Å². The van der Waals surface area contributed by atoms with Gasteiger partial charge in [0.05, 0.1) is 29.9 Å². The average Bonchev–Trinajstić information content (AvgIpc) is 3.28. The Morgan fingerprint density at radius 2 is 1.44 bits per heavy atom. The maximum atomic E-state index is 14.0. The van der Waals surface area contributed by atoms with Crippen LogP contribution < -0.4 is 5.32 Å². The van der Waals surface area contributed by atoms with Gasteiger partial charge < -0.3 is 30.7 Å². The van der Waals surface area contributed by atoms with E-state index in [2.05, 4.69) is 5.32 Å². The summed E-state index contributed by atoms with van der Waals surface area (Å²) in [5.41, 5.74) is 4.77. The van der Waals surface area contributed by atoms with Crippen molar-refractivity contribution in [2.24, 2.45) is 0 Å². The van der Waals surface area contributed by atoms with Crippen LogP contribution in [0.4, 0.5) is 10.1 Å². The predicted octanol–water partition coefficient (Wildman–Crippen LogP) is 5.11. The van der Waals surface area contributed by atoms with Crippen molar-refractivity contribution in [3.8, 4) is 22.4 Å². The first-order chi connectivity index (χ1) is 19.7. The predicted molar refractivity (Wildman–Crippen MR) is 167 cm³/mol. The van der Waals surface area contributed by atoms with Gasteiger partial charge in [-0.3, -0.25) is 9.59 Å². The molecule has 0 aliphatic rings. The number of hydrogen-bond acceptors (Lipinski definition) is 4. The van der Waals surface area contributed by atoms with Gasteiger partial charge in [-0.05, 0) is 66.3 Å². The molecule has 0 unspecified atom stereocenters. The fourth-order valence-electron chi connectivity index (χ4n) is 5.20. The molecule has 0 saturated heterocycles. The number of aliphatic hydroxyl groups excluding tert-OH is 2. The van der Waals surface area contributed by atoms with Crippen LogP contribution in [0, 0.1) is 5.82 Å². The Morgan fingerprint density at radius 1 is 0.860 bits per heavy atom. The fraction of sp³-hybridized carbons (Fsp3) is 0.273. The van der Waals surface area contributed by atoms with Crippen LogP contribution in [-0.2, 0) is 11.3 Å². The van der Waals surface area contributed by atoms with Gasteiger partial charge in [-0.2, -0.15) is 0 Å². The van der Waals surface area contributed by atoms with Crippen molar-refractivity contribution in [2.45, 2.75) is 57.8 Å². The minimum absolute atomic E-state index is 0. The van der Waals surface area contributed by atoms with Crippen LogP contribution in [0.3, 0.4) is 0 Å². The number of anilines is 1. The molecule has 4 aromatic rings.